The van der Waals surface area contributed by atoms with Crippen LogP contribution in [0.25, 0.3) is 0 Å². The van der Waals surface area contributed by atoms with Crippen molar-refractivity contribution in [3.05, 3.63) is 0 Å². The zero-order valence-corrected chi connectivity index (χ0v) is 5.31. The van der Waals surface area contributed by atoms with Crippen molar-refractivity contribution in [2.24, 2.45) is 5.90 Å². The highest BCUT2D eigenvalue weighted by Crippen LogP contribution is 1.90. The van der Waals surface area contributed by atoms with Gasteiger partial charge in [0.1, 0.15) is 0 Å². The molecule has 8 heavy (non-hydrogen) atoms. The van der Waals surface area contributed by atoms with Crippen LogP contribution >= 0.6 is 0 Å². The summed E-state index contributed by atoms with van der Waals surface area (Å²) < 4.78 is 0. The molecule has 0 radical (unpaired) electrons. The van der Waals surface area contributed by atoms with Crippen LogP contribution in [-0.4, -0.2) is 20.2 Å². The third kappa shape index (κ3) is 5.88. The van der Waals surface area contributed by atoms with Crippen LogP contribution in [0.5, 0.6) is 0 Å². The summed E-state index contributed by atoms with van der Waals surface area (Å²) in [5, 5.41) is 3.22. The Bertz CT molecular complexity index is 29.8. The molecule has 1 fully saturated rings. The molecule has 3 heteroatoms. The van der Waals surface area contributed by atoms with Crippen molar-refractivity contribution in [3.63, 3.8) is 0 Å². The molecule has 0 aromatic heterocycles. The lowest BCUT2D eigenvalue weighted by Gasteiger charge is -1.76. The average molecular weight is 118 g/mol. The van der Waals surface area contributed by atoms with Gasteiger partial charge in [0, 0.05) is 0 Å². The largest absolute Gasteiger partial charge is 0.317 e. The van der Waals surface area contributed by atoms with Crippen molar-refractivity contribution in [2.45, 2.75) is 12.8 Å². The van der Waals surface area contributed by atoms with E-state index in [0.29, 0.717) is 0 Å². The number of hydrogen-bond acceptors (Lipinski definition) is 3. The molecule has 0 unspecified atom stereocenters. The highest BCUT2D eigenvalue weighted by Gasteiger charge is 1.93. The van der Waals surface area contributed by atoms with E-state index in [1.165, 1.54) is 33.0 Å². The van der Waals surface area contributed by atoms with E-state index >= 15 is 0 Å². The molecule has 3 nitrogen and oxygen atoms in total. The third-order valence-corrected chi connectivity index (χ3v) is 0.957. The lowest BCUT2D eigenvalue weighted by atomic mass is 10.4. The molecule has 1 rings (SSSR count). The van der Waals surface area contributed by atoms with E-state index in [1.807, 2.05) is 0 Å². The van der Waals surface area contributed by atoms with E-state index in [0.717, 1.165) is 0 Å². The van der Waals surface area contributed by atoms with E-state index in [4.69, 9.17) is 0 Å². The highest BCUT2D eigenvalue weighted by atomic mass is 16.6. The van der Waals surface area contributed by atoms with E-state index in [1.54, 1.807) is 0 Å². The van der Waals surface area contributed by atoms with Gasteiger partial charge >= 0.3 is 0 Å². The van der Waals surface area contributed by atoms with Gasteiger partial charge in [-0.2, -0.15) is 0 Å². The fourth-order valence-electron chi connectivity index (χ4n) is 0.625. The van der Waals surface area contributed by atoms with Crippen LogP contribution in [-0.2, 0) is 4.84 Å². The zero-order valence-electron chi connectivity index (χ0n) is 5.31. The van der Waals surface area contributed by atoms with E-state index in [2.05, 4.69) is 16.1 Å². The SMILES string of the molecule is C1CCNC1.CON. The van der Waals surface area contributed by atoms with Gasteiger partial charge in [0.15, 0.2) is 0 Å². The van der Waals surface area contributed by atoms with E-state index in [-0.39, 0.29) is 0 Å². The Morgan fingerprint density at radius 2 is 1.75 bits per heavy atom. The number of rotatable bonds is 0. The first-order chi connectivity index (χ1) is 3.91. The van der Waals surface area contributed by atoms with Gasteiger partial charge in [-0.05, 0) is 25.9 Å². The molecule has 3 N–H and O–H groups in total. The Hall–Kier alpha value is -0.120. The second-order valence-electron chi connectivity index (χ2n) is 1.69. The van der Waals surface area contributed by atoms with Crippen LogP contribution in [0, 0.1) is 0 Å². The Balaban J connectivity index is 0.000000145. The molecule has 0 amide bonds. The first-order valence-corrected chi connectivity index (χ1v) is 2.85. The normalized spacial score (nSPS) is 17.2. The van der Waals surface area contributed by atoms with E-state index in [9.17, 15) is 0 Å². The molecule has 50 valence electrons. The van der Waals surface area contributed by atoms with Crippen molar-refractivity contribution in [1.82, 2.24) is 5.32 Å². The second-order valence-corrected chi connectivity index (χ2v) is 1.69. The molecule has 1 aliphatic heterocycles. The summed E-state index contributed by atoms with van der Waals surface area (Å²) in [4.78, 5) is 3.75. The summed E-state index contributed by atoms with van der Waals surface area (Å²) in [6.45, 7) is 2.50. The average Bonchev–Trinajstić information content (AvgIpc) is 2.17. The summed E-state index contributed by atoms with van der Waals surface area (Å²) in [5.74, 6) is 4.35. The minimum atomic E-state index is 1.25. The Kier molecular flexibility index (Phi) is 6.78. The predicted molar refractivity (Wildman–Crippen MR) is 33.3 cm³/mol. The number of nitrogens with two attached hydrogens (primary N) is 1. The van der Waals surface area contributed by atoms with Gasteiger partial charge in [-0.3, -0.25) is 0 Å². The molecule has 1 heterocycles. The maximum absolute atomic E-state index is 4.35. The van der Waals surface area contributed by atoms with Crippen molar-refractivity contribution < 1.29 is 4.84 Å². The molecule has 0 saturated carbocycles. The van der Waals surface area contributed by atoms with Gasteiger partial charge in [-0.25, -0.2) is 5.90 Å². The first kappa shape index (κ1) is 7.88. The lowest BCUT2D eigenvalue weighted by molar-refractivity contribution is 0.206. The molecule has 1 saturated heterocycles. The molecule has 1 aliphatic rings. The fourth-order valence-corrected chi connectivity index (χ4v) is 0.625. The van der Waals surface area contributed by atoms with Gasteiger partial charge in [-0.1, -0.05) is 0 Å². The quantitative estimate of drug-likeness (QED) is 0.436. The summed E-state index contributed by atoms with van der Waals surface area (Å²) in [6.07, 6.45) is 2.78. The van der Waals surface area contributed by atoms with Crippen molar-refractivity contribution in [3.8, 4) is 0 Å². The van der Waals surface area contributed by atoms with Crippen LogP contribution in [0.2, 0.25) is 0 Å². The Morgan fingerprint density at radius 3 is 1.88 bits per heavy atom. The molecule has 0 bridgehead atoms. The monoisotopic (exact) mass is 118 g/mol. The molecule has 0 aromatic carbocycles. The molecule has 0 aromatic rings. The minimum absolute atomic E-state index is 1.25. The van der Waals surface area contributed by atoms with Gasteiger partial charge in [-0.15, -0.1) is 0 Å². The third-order valence-electron chi connectivity index (χ3n) is 0.957. The van der Waals surface area contributed by atoms with Gasteiger partial charge < -0.3 is 10.2 Å². The molecule has 0 aliphatic carbocycles. The number of nitrogens with one attached hydrogen (secondary N) is 1. The standard InChI is InChI=1S/C4H9N.CH5NO/c1-2-4-5-3-1;1-3-2/h5H,1-4H2;2H2,1H3. The second kappa shape index (κ2) is 6.88. The number of hydrogen-bond donors (Lipinski definition) is 2. The van der Waals surface area contributed by atoms with Crippen LogP contribution in [0.1, 0.15) is 12.8 Å². The van der Waals surface area contributed by atoms with E-state index < -0.39 is 0 Å². The summed E-state index contributed by atoms with van der Waals surface area (Å²) in [6, 6.07) is 0. The zero-order chi connectivity index (χ0) is 6.24. The molecular formula is C5H14N2O. The van der Waals surface area contributed by atoms with Crippen molar-refractivity contribution in [2.75, 3.05) is 20.2 Å². The molecular weight excluding hydrogens is 104 g/mol. The maximum atomic E-state index is 4.35. The summed E-state index contributed by atoms with van der Waals surface area (Å²) in [5.41, 5.74) is 0. The Morgan fingerprint density at radius 1 is 1.38 bits per heavy atom. The van der Waals surface area contributed by atoms with Crippen LogP contribution < -0.4 is 11.2 Å². The van der Waals surface area contributed by atoms with Crippen LogP contribution in [0.15, 0.2) is 0 Å². The van der Waals surface area contributed by atoms with Gasteiger partial charge in [0.05, 0.1) is 7.11 Å². The smallest absolute Gasteiger partial charge is 0.0569 e. The van der Waals surface area contributed by atoms with Crippen LogP contribution in [0.4, 0.5) is 0 Å². The van der Waals surface area contributed by atoms with Crippen LogP contribution in [0.3, 0.4) is 0 Å². The summed E-state index contributed by atoms with van der Waals surface area (Å²) >= 11 is 0. The molecule has 0 spiro atoms. The minimum Gasteiger partial charge on any atom is -0.317 e. The highest BCUT2D eigenvalue weighted by molar-refractivity contribution is 4.55. The maximum Gasteiger partial charge on any atom is 0.0569 e. The molecule has 0 atom stereocenters. The topological polar surface area (TPSA) is 47.3 Å². The predicted octanol–water partition coefficient (Wildman–Crippen LogP) is -0.124. The van der Waals surface area contributed by atoms with Gasteiger partial charge in [0.2, 0.25) is 0 Å². The van der Waals surface area contributed by atoms with Crippen molar-refractivity contribution >= 4 is 0 Å². The van der Waals surface area contributed by atoms with Crippen molar-refractivity contribution in [1.29, 1.82) is 0 Å². The summed E-state index contributed by atoms with van der Waals surface area (Å²) in [7, 11) is 1.40. The fraction of sp³-hybridized carbons (Fsp3) is 1.00. The van der Waals surface area contributed by atoms with Gasteiger partial charge in [0.25, 0.3) is 0 Å². The lowest BCUT2D eigenvalue weighted by Crippen LogP contribution is -2.03. The Labute approximate surface area is 50.2 Å². The first-order valence-electron chi connectivity index (χ1n) is 2.85.